The van der Waals surface area contributed by atoms with Crippen molar-refractivity contribution in [3.8, 4) is 0 Å². The summed E-state index contributed by atoms with van der Waals surface area (Å²) in [7, 11) is 0. The molecule has 4 heterocycles. The first-order valence-electron chi connectivity index (χ1n) is 11.6. The molecule has 3 N–H and O–H groups in total. The van der Waals surface area contributed by atoms with Gasteiger partial charge in [0.25, 0.3) is 0 Å². The van der Waals surface area contributed by atoms with Gasteiger partial charge in [-0.3, -0.25) is 4.98 Å². The predicted octanol–water partition coefficient (Wildman–Crippen LogP) is 3.37. The largest absolute Gasteiger partial charge is 0.371 e. The molecule has 0 spiro atoms. The van der Waals surface area contributed by atoms with E-state index in [-0.39, 0.29) is 12.1 Å². The van der Waals surface area contributed by atoms with Crippen molar-refractivity contribution >= 4 is 23.4 Å². The molecule has 2 aromatic heterocycles. The quantitative estimate of drug-likeness (QED) is 0.529. The average molecular weight is 452 g/mol. The number of fused-ring (bicyclic) bond motifs is 2. The molecule has 2 unspecified atom stereocenters. The second-order valence-corrected chi connectivity index (χ2v) is 8.99. The van der Waals surface area contributed by atoms with E-state index in [1.54, 1.807) is 24.5 Å². The number of anilines is 3. The summed E-state index contributed by atoms with van der Waals surface area (Å²) in [6.45, 7) is 8.41. The normalized spacial score (nSPS) is 20.1. The maximum absolute atomic E-state index is 12.1. The number of morpholine rings is 1. The lowest BCUT2D eigenvalue weighted by molar-refractivity contribution is 0.0302. The highest BCUT2D eigenvalue weighted by Crippen LogP contribution is 2.29. The van der Waals surface area contributed by atoms with E-state index in [9.17, 15) is 4.79 Å². The van der Waals surface area contributed by atoms with Crippen LogP contribution in [-0.2, 0) is 11.2 Å². The number of nitrogens with one attached hydrogen (secondary N) is 3. The molecule has 2 aromatic rings. The monoisotopic (exact) mass is 451 g/mol. The SMILES string of the molecule is CC(=CCNC(=O)Nc1ccncc1)Cc1nc(NC(C)C)cc(N2CC3CCC(C2)O3)n1. The van der Waals surface area contributed by atoms with Gasteiger partial charge in [-0.05, 0) is 45.7 Å². The third kappa shape index (κ3) is 6.64. The fourth-order valence-corrected chi connectivity index (χ4v) is 4.15. The van der Waals surface area contributed by atoms with E-state index in [0.717, 1.165) is 49.0 Å². The van der Waals surface area contributed by atoms with E-state index in [4.69, 9.17) is 14.7 Å². The van der Waals surface area contributed by atoms with Gasteiger partial charge in [-0.25, -0.2) is 14.8 Å². The summed E-state index contributed by atoms with van der Waals surface area (Å²) in [4.78, 5) is 27.9. The van der Waals surface area contributed by atoms with E-state index in [0.29, 0.717) is 30.9 Å². The van der Waals surface area contributed by atoms with Crippen LogP contribution in [0.4, 0.5) is 22.1 Å². The van der Waals surface area contributed by atoms with Crippen LogP contribution in [0.15, 0.2) is 42.2 Å². The van der Waals surface area contributed by atoms with Crippen LogP contribution >= 0.6 is 0 Å². The van der Waals surface area contributed by atoms with Crippen molar-refractivity contribution in [3.63, 3.8) is 0 Å². The van der Waals surface area contributed by atoms with Crippen LogP contribution in [0.3, 0.4) is 0 Å². The van der Waals surface area contributed by atoms with Crippen LogP contribution < -0.4 is 20.9 Å². The van der Waals surface area contributed by atoms with Crippen LogP contribution in [0.2, 0.25) is 0 Å². The molecular weight excluding hydrogens is 418 g/mol. The average Bonchev–Trinajstić information content (AvgIpc) is 3.11. The predicted molar refractivity (Wildman–Crippen MR) is 130 cm³/mol. The molecule has 4 rings (SSSR count). The first-order valence-corrected chi connectivity index (χ1v) is 11.6. The Labute approximate surface area is 195 Å². The minimum atomic E-state index is -0.256. The number of hydrogen-bond donors (Lipinski definition) is 3. The topological polar surface area (TPSA) is 104 Å². The summed E-state index contributed by atoms with van der Waals surface area (Å²) in [5.74, 6) is 2.56. The number of carbonyl (C=O) groups is 1. The molecule has 9 nitrogen and oxygen atoms in total. The summed E-state index contributed by atoms with van der Waals surface area (Å²) in [5, 5.41) is 9.04. The van der Waals surface area contributed by atoms with Gasteiger partial charge in [-0.2, -0.15) is 0 Å². The highest BCUT2D eigenvalue weighted by atomic mass is 16.5. The number of urea groups is 1. The van der Waals surface area contributed by atoms with Crippen molar-refractivity contribution in [2.75, 3.05) is 35.2 Å². The molecule has 176 valence electrons. The van der Waals surface area contributed by atoms with E-state index < -0.39 is 0 Å². The fraction of sp³-hybridized carbons (Fsp3) is 0.500. The maximum atomic E-state index is 12.1. The highest BCUT2D eigenvalue weighted by Gasteiger charge is 2.34. The molecule has 0 saturated carbocycles. The molecule has 0 radical (unpaired) electrons. The van der Waals surface area contributed by atoms with E-state index in [1.165, 1.54) is 0 Å². The van der Waals surface area contributed by atoms with Gasteiger partial charge < -0.3 is 25.6 Å². The number of aromatic nitrogens is 3. The standard InChI is InChI=1S/C24H33N7O2/c1-16(2)27-22-13-23(31-14-19-4-5-20(15-31)33-19)30-21(29-22)12-17(3)6-11-26-24(32)28-18-7-9-25-10-8-18/h6-10,13,16,19-20H,4-5,11-12,14-15H2,1-3H3,(H,27,29,30)(H2,25,26,28,32). The third-order valence-electron chi connectivity index (χ3n) is 5.65. The molecule has 2 aliphatic rings. The summed E-state index contributed by atoms with van der Waals surface area (Å²) in [5.41, 5.74) is 1.80. The van der Waals surface area contributed by atoms with Crippen molar-refractivity contribution in [3.05, 3.63) is 48.1 Å². The summed E-state index contributed by atoms with van der Waals surface area (Å²) >= 11 is 0. The summed E-state index contributed by atoms with van der Waals surface area (Å²) in [6, 6.07) is 5.55. The number of allylic oxidation sites excluding steroid dienone is 1. The van der Waals surface area contributed by atoms with E-state index in [2.05, 4.69) is 39.7 Å². The van der Waals surface area contributed by atoms with Crippen LogP contribution in [0.25, 0.3) is 0 Å². The Morgan fingerprint density at radius 1 is 1.21 bits per heavy atom. The van der Waals surface area contributed by atoms with Gasteiger partial charge in [0.15, 0.2) is 0 Å². The van der Waals surface area contributed by atoms with Crippen LogP contribution in [-0.4, -0.2) is 58.9 Å². The molecule has 2 bridgehead atoms. The molecule has 2 fully saturated rings. The zero-order valence-corrected chi connectivity index (χ0v) is 19.5. The molecule has 33 heavy (non-hydrogen) atoms. The van der Waals surface area contributed by atoms with Gasteiger partial charge in [0, 0.05) is 56.2 Å². The molecular formula is C24H33N7O2. The molecule has 2 saturated heterocycles. The highest BCUT2D eigenvalue weighted by molar-refractivity contribution is 5.89. The van der Waals surface area contributed by atoms with E-state index in [1.807, 2.05) is 19.1 Å². The second kappa shape index (κ2) is 10.6. The van der Waals surface area contributed by atoms with Crippen molar-refractivity contribution in [2.45, 2.75) is 58.3 Å². The van der Waals surface area contributed by atoms with Crippen LogP contribution in [0, 0.1) is 0 Å². The number of rotatable bonds is 8. The van der Waals surface area contributed by atoms with Crippen LogP contribution in [0.5, 0.6) is 0 Å². The lowest BCUT2D eigenvalue weighted by Crippen LogP contribution is -2.43. The Hall–Kier alpha value is -3.20. The molecule has 2 atom stereocenters. The van der Waals surface area contributed by atoms with Crippen molar-refractivity contribution in [1.82, 2.24) is 20.3 Å². The van der Waals surface area contributed by atoms with Gasteiger partial charge in [-0.1, -0.05) is 11.6 Å². The van der Waals surface area contributed by atoms with Gasteiger partial charge in [-0.15, -0.1) is 0 Å². The third-order valence-corrected chi connectivity index (χ3v) is 5.65. The van der Waals surface area contributed by atoms with Gasteiger partial charge in [0.05, 0.1) is 12.2 Å². The number of ether oxygens (including phenoxy) is 1. The lowest BCUT2D eigenvalue weighted by Gasteiger charge is -2.33. The number of hydrogen-bond acceptors (Lipinski definition) is 7. The Morgan fingerprint density at radius 2 is 1.94 bits per heavy atom. The summed E-state index contributed by atoms with van der Waals surface area (Å²) in [6.07, 6.45) is 8.73. The number of nitrogens with zero attached hydrogens (tertiary/aromatic N) is 4. The second-order valence-electron chi connectivity index (χ2n) is 8.99. The maximum Gasteiger partial charge on any atom is 0.319 e. The number of pyridine rings is 1. The zero-order valence-electron chi connectivity index (χ0n) is 19.5. The lowest BCUT2D eigenvalue weighted by atomic mass is 10.2. The van der Waals surface area contributed by atoms with Gasteiger partial charge in [0.1, 0.15) is 17.5 Å². The smallest absolute Gasteiger partial charge is 0.319 e. The van der Waals surface area contributed by atoms with Gasteiger partial charge >= 0.3 is 6.03 Å². The molecule has 0 aromatic carbocycles. The molecule has 9 heteroatoms. The Bertz CT molecular complexity index is 968. The minimum absolute atomic E-state index is 0.256. The molecule has 2 amide bonds. The molecule has 2 aliphatic heterocycles. The Morgan fingerprint density at radius 3 is 2.64 bits per heavy atom. The van der Waals surface area contributed by atoms with Crippen LogP contribution in [0.1, 0.15) is 39.4 Å². The zero-order chi connectivity index (χ0) is 23.2. The number of amides is 2. The van der Waals surface area contributed by atoms with Crippen molar-refractivity contribution in [1.29, 1.82) is 0 Å². The Balaban J connectivity index is 1.38. The number of carbonyl (C=O) groups excluding carboxylic acids is 1. The molecule has 0 aliphatic carbocycles. The Kier molecular flexibility index (Phi) is 7.39. The van der Waals surface area contributed by atoms with Crippen molar-refractivity contribution in [2.24, 2.45) is 0 Å². The minimum Gasteiger partial charge on any atom is -0.371 e. The first-order chi connectivity index (χ1) is 15.9. The summed E-state index contributed by atoms with van der Waals surface area (Å²) < 4.78 is 5.99. The fourth-order valence-electron chi connectivity index (χ4n) is 4.15. The first kappa shape index (κ1) is 23.0. The van der Waals surface area contributed by atoms with Crippen molar-refractivity contribution < 1.29 is 9.53 Å². The van der Waals surface area contributed by atoms with E-state index >= 15 is 0 Å². The van der Waals surface area contributed by atoms with Gasteiger partial charge in [0.2, 0.25) is 0 Å².